The predicted octanol–water partition coefficient (Wildman–Crippen LogP) is -0.671. The molecule has 1 amide bonds. The molecule has 2 fully saturated rings. The summed E-state index contributed by atoms with van der Waals surface area (Å²) in [5.74, 6) is 0.796. The second-order valence-corrected chi connectivity index (χ2v) is 8.95. The first-order chi connectivity index (χ1) is 11.9. The number of carbonyl (C=O) groups is 1. The first-order valence-electron chi connectivity index (χ1n) is 9.12. The van der Waals surface area contributed by atoms with Crippen LogP contribution in [0, 0.1) is 0 Å². The quantitative estimate of drug-likeness (QED) is 0.404. The van der Waals surface area contributed by atoms with Gasteiger partial charge in [-0.25, -0.2) is 8.42 Å². The smallest absolute Gasteiger partial charge is 0.222 e. The van der Waals surface area contributed by atoms with Gasteiger partial charge in [0.15, 0.2) is 15.8 Å². The lowest BCUT2D eigenvalue weighted by Crippen LogP contribution is -2.45. The molecule has 144 valence electrons. The van der Waals surface area contributed by atoms with Crippen LogP contribution in [0.15, 0.2) is 4.99 Å². The molecule has 25 heavy (non-hydrogen) atoms. The van der Waals surface area contributed by atoms with Crippen LogP contribution in [0.4, 0.5) is 0 Å². The van der Waals surface area contributed by atoms with Gasteiger partial charge in [-0.15, -0.1) is 0 Å². The van der Waals surface area contributed by atoms with Crippen LogP contribution in [0.5, 0.6) is 0 Å². The number of sulfone groups is 1. The van der Waals surface area contributed by atoms with Crippen LogP contribution >= 0.6 is 0 Å². The second kappa shape index (κ2) is 9.38. The van der Waals surface area contributed by atoms with Gasteiger partial charge < -0.3 is 16.0 Å². The van der Waals surface area contributed by atoms with Gasteiger partial charge in [-0.3, -0.25) is 14.7 Å². The summed E-state index contributed by atoms with van der Waals surface area (Å²) >= 11 is 0. The summed E-state index contributed by atoms with van der Waals surface area (Å²) in [5.41, 5.74) is 0. The molecule has 0 saturated carbocycles. The van der Waals surface area contributed by atoms with Crippen molar-refractivity contribution >= 4 is 21.7 Å². The Kier molecular flexibility index (Phi) is 7.49. The molecule has 9 heteroatoms. The molecule has 2 heterocycles. The van der Waals surface area contributed by atoms with Gasteiger partial charge in [-0.2, -0.15) is 0 Å². The van der Waals surface area contributed by atoms with Crippen LogP contribution in [0.3, 0.4) is 0 Å². The minimum absolute atomic E-state index is 0.0602. The summed E-state index contributed by atoms with van der Waals surface area (Å²) in [6.45, 7) is 5.72. The van der Waals surface area contributed by atoms with Crippen molar-refractivity contribution in [3.05, 3.63) is 0 Å². The highest BCUT2D eigenvalue weighted by atomic mass is 32.2. The highest BCUT2D eigenvalue weighted by molar-refractivity contribution is 7.91. The number of hydrogen-bond acceptors (Lipinski definition) is 5. The zero-order valence-corrected chi connectivity index (χ0v) is 16.1. The van der Waals surface area contributed by atoms with E-state index in [9.17, 15) is 13.2 Å². The van der Waals surface area contributed by atoms with E-state index in [0.29, 0.717) is 31.4 Å². The van der Waals surface area contributed by atoms with Gasteiger partial charge in [0.25, 0.3) is 0 Å². The lowest BCUT2D eigenvalue weighted by atomic mass is 10.2. The van der Waals surface area contributed by atoms with Crippen LogP contribution in [-0.2, 0) is 14.6 Å². The van der Waals surface area contributed by atoms with Gasteiger partial charge in [0.2, 0.25) is 5.91 Å². The molecule has 2 aliphatic heterocycles. The van der Waals surface area contributed by atoms with Crippen molar-refractivity contribution in [3.8, 4) is 0 Å². The van der Waals surface area contributed by atoms with Crippen molar-refractivity contribution in [2.75, 3.05) is 44.7 Å². The van der Waals surface area contributed by atoms with Crippen molar-refractivity contribution in [1.82, 2.24) is 20.9 Å². The van der Waals surface area contributed by atoms with Crippen LogP contribution in [-0.4, -0.2) is 82.0 Å². The molecule has 0 radical (unpaired) electrons. The molecule has 8 nitrogen and oxygen atoms in total. The van der Waals surface area contributed by atoms with Crippen LogP contribution in [0.2, 0.25) is 0 Å². The summed E-state index contributed by atoms with van der Waals surface area (Å²) in [5, 5.41) is 9.25. The Morgan fingerprint density at radius 2 is 2.08 bits per heavy atom. The number of hydrogen-bond donors (Lipinski definition) is 3. The van der Waals surface area contributed by atoms with Crippen molar-refractivity contribution in [2.45, 2.75) is 44.7 Å². The van der Waals surface area contributed by atoms with Crippen LogP contribution < -0.4 is 16.0 Å². The van der Waals surface area contributed by atoms with E-state index in [1.54, 1.807) is 7.05 Å². The average molecular weight is 374 g/mol. The van der Waals surface area contributed by atoms with Gasteiger partial charge in [-0.05, 0) is 32.4 Å². The Balaban J connectivity index is 1.63. The molecule has 0 spiro atoms. The minimum atomic E-state index is -2.96. The van der Waals surface area contributed by atoms with E-state index in [2.05, 4.69) is 32.8 Å². The Morgan fingerprint density at radius 3 is 2.72 bits per heavy atom. The zero-order valence-electron chi connectivity index (χ0n) is 15.3. The van der Waals surface area contributed by atoms with E-state index in [-0.39, 0.29) is 23.5 Å². The summed E-state index contributed by atoms with van der Waals surface area (Å²) in [7, 11) is -1.25. The lowest BCUT2D eigenvalue weighted by molar-refractivity contribution is -0.121. The number of amides is 1. The summed E-state index contributed by atoms with van der Waals surface area (Å²) in [4.78, 5) is 18.6. The number of nitrogens with zero attached hydrogens (tertiary/aromatic N) is 2. The maximum atomic E-state index is 11.9. The number of likely N-dealkylation sites (N-methyl/N-ethyl adjacent to an activating group) is 1. The fourth-order valence-corrected chi connectivity index (χ4v) is 5.15. The van der Waals surface area contributed by atoms with Crippen molar-refractivity contribution < 1.29 is 13.2 Å². The summed E-state index contributed by atoms with van der Waals surface area (Å²) in [6, 6.07) is 0.300. The maximum Gasteiger partial charge on any atom is 0.222 e. The van der Waals surface area contributed by atoms with Crippen LogP contribution in [0.25, 0.3) is 0 Å². The Bertz CT molecular complexity index is 578. The molecule has 0 aromatic carbocycles. The highest BCUT2D eigenvalue weighted by Gasteiger charge is 2.28. The Hall–Kier alpha value is -1.35. The third kappa shape index (κ3) is 6.47. The van der Waals surface area contributed by atoms with Gasteiger partial charge in [-0.1, -0.05) is 6.92 Å². The Morgan fingerprint density at radius 1 is 1.28 bits per heavy atom. The van der Waals surface area contributed by atoms with Crippen molar-refractivity contribution in [3.63, 3.8) is 0 Å². The van der Waals surface area contributed by atoms with Gasteiger partial charge in [0, 0.05) is 38.6 Å². The highest BCUT2D eigenvalue weighted by Crippen LogP contribution is 2.15. The van der Waals surface area contributed by atoms with Gasteiger partial charge in [0.05, 0.1) is 11.5 Å². The molecular formula is C16H31N5O3S. The number of rotatable bonds is 7. The third-order valence-electron chi connectivity index (χ3n) is 4.88. The topological polar surface area (TPSA) is 103 Å². The number of likely N-dealkylation sites (tertiary alicyclic amines) is 1. The molecule has 2 rings (SSSR count). The first kappa shape index (κ1) is 20.0. The molecule has 2 saturated heterocycles. The Labute approximate surface area is 150 Å². The summed E-state index contributed by atoms with van der Waals surface area (Å²) in [6.07, 6.45) is 3.25. The van der Waals surface area contributed by atoms with Crippen molar-refractivity contribution in [2.24, 2.45) is 4.99 Å². The molecule has 2 unspecified atom stereocenters. The molecule has 3 N–H and O–H groups in total. The second-order valence-electron chi connectivity index (χ2n) is 6.72. The maximum absolute atomic E-state index is 11.9. The SMILES string of the molecule is CCN1CCCC1CNC(=NC)NCCC(=O)NC1CCS(=O)(=O)C1. The molecule has 0 aromatic rings. The monoisotopic (exact) mass is 373 g/mol. The van der Waals surface area contributed by atoms with Gasteiger partial charge in [0.1, 0.15) is 0 Å². The molecule has 2 aliphatic rings. The zero-order chi connectivity index (χ0) is 18.3. The van der Waals surface area contributed by atoms with E-state index in [0.717, 1.165) is 19.6 Å². The molecular weight excluding hydrogens is 342 g/mol. The predicted molar refractivity (Wildman–Crippen MR) is 99.5 cm³/mol. The van der Waals surface area contributed by atoms with E-state index in [4.69, 9.17) is 0 Å². The van der Waals surface area contributed by atoms with Crippen LogP contribution in [0.1, 0.15) is 32.6 Å². The summed E-state index contributed by atoms with van der Waals surface area (Å²) < 4.78 is 22.8. The average Bonchev–Trinajstić information content (AvgIpc) is 3.16. The lowest BCUT2D eigenvalue weighted by Gasteiger charge is -2.24. The minimum Gasteiger partial charge on any atom is -0.356 e. The number of aliphatic imine (C=N–C) groups is 1. The molecule has 0 aliphatic carbocycles. The largest absolute Gasteiger partial charge is 0.356 e. The van der Waals surface area contributed by atoms with Gasteiger partial charge >= 0.3 is 0 Å². The first-order valence-corrected chi connectivity index (χ1v) is 10.9. The normalized spacial score (nSPS) is 26.6. The number of carbonyl (C=O) groups excluding carboxylic acids is 1. The third-order valence-corrected chi connectivity index (χ3v) is 6.64. The van der Waals surface area contributed by atoms with E-state index in [1.165, 1.54) is 12.8 Å². The molecule has 0 bridgehead atoms. The fourth-order valence-electron chi connectivity index (χ4n) is 3.48. The number of nitrogens with one attached hydrogen (secondary N) is 3. The molecule has 0 aromatic heterocycles. The van der Waals surface area contributed by atoms with E-state index in [1.807, 2.05) is 0 Å². The standard InChI is InChI=1S/C16H31N5O3S/c1-3-21-9-4-5-14(21)11-19-16(17-2)18-8-6-15(22)20-13-7-10-25(23,24)12-13/h13-14H,3-12H2,1-2H3,(H,20,22)(H2,17,18,19). The number of guanidine groups is 1. The van der Waals surface area contributed by atoms with E-state index < -0.39 is 9.84 Å². The molecule has 2 atom stereocenters. The fraction of sp³-hybridized carbons (Fsp3) is 0.875. The van der Waals surface area contributed by atoms with E-state index >= 15 is 0 Å². The van der Waals surface area contributed by atoms with Crippen molar-refractivity contribution in [1.29, 1.82) is 0 Å².